The van der Waals surface area contributed by atoms with Crippen LogP contribution in [0.25, 0.3) is 11.3 Å². The van der Waals surface area contributed by atoms with E-state index in [0.29, 0.717) is 22.2 Å². The lowest BCUT2D eigenvalue weighted by Gasteiger charge is -2.12. The summed E-state index contributed by atoms with van der Waals surface area (Å²) >= 11 is 6.76. The first-order valence-electron chi connectivity index (χ1n) is 7.98. The molecular formula is C19H13ClF5NOS. The fraction of sp³-hybridized carbons (Fsp3) is 0.211. The molecular weight excluding hydrogens is 421 g/mol. The van der Waals surface area contributed by atoms with Crippen LogP contribution in [-0.4, -0.2) is 17.1 Å². The average Bonchev–Trinajstić information content (AvgIpc) is 3.11. The highest BCUT2D eigenvalue weighted by Crippen LogP contribution is 2.40. The third-order valence-electron chi connectivity index (χ3n) is 3.89. The Balaban J connectivity index is 1.95. The van der Waals surface area contributed by atoms with Crippen molar-refractivity contribution in [2.45, 2.75) is 23.9 Å². The minimum absolute atomic E-state index is 0.0180. The number of hydrogen-bond acceptors (Lipinski definition) is 3. The molecule has 0 fully saturated rings. The second-order valence-electron chi connectivity index (χ2n) is 6.02. The summed E-state index contributed by atoms with van der Waals surface area (Å²) in [4.78, 5) is 0.330. The Labute approximate surface area is 166 Å². The molecule has 28 heavy (non-hydrogen) atoms. The van der Waals surface area contributed by atoms with E-state index in [9.17, 15) is 22.0 Å². The van der Waals surface area contributed by atoms with Gasteiger partial charge in [0.1, 0.15) is 5.69 Å². The van der Waals surface area contributed by atoms with Crippen molar-refractivity contribution in [1.82, 2.24) is 5.16 Å². The van der Waals surface area contributed by atoms with E-state index in [-0.39, 0.29) is 21.8 Å². The van der Waals surface area contributed by atoms with Crippen molar-refractivity contribution < 1.29 is 26.5 Å². The van der Waals surface area contributed by atoms with Crippen LogP contribution in [-0.2, 0) is 5.92 Å². The van der Waals surface area contributed by atoms with Gasteiger partial charge < -0.3 is 4.52 Å². The maximum Gasteiger partial charge on any atom is 0.398 e. The Bertz CT molecular complexity index is 972. The molecule has 0 N–H and O–H groups in total. The number of alkyl halides is 5. The van der Waals surface area contributed by atoms with Gasteiger partial charge >= 0.3 is 12.1 Å². The minimum Gasteiger partial charge on any atom is -0.354 e. The molecule has 2 aromatic carbocycles. The Morgan fingerprint density at radius 2 is 1.71 bits per heavy atom. The highest BCUT2D eigenvalue weighted by atomic mass is 35.5. The average molecular weight is 434 g/mol. The van der Waals surface area contributed by atoms with Crippen LogP contribution < -0.4 is 0 Å². The van der Waals surface area contributed by atoms with Crippen LogP contribution in [0.2, 0.25) is 5.02 Å². The van der Waals surface area contributed by atoms with Crippen LogP contribution in [0.4, 0.5) is 22.0 Å². The van der Waals surface area contributed by atoms with E-state index in [4.69, 9.17) is 16.1 Å². The predicted octanol–water partition coefficient (Wildman–Crippen LogP) is 7.10. The van der Waals surface area contributed by atoms with Crippen molar-refractivity contribution in [3.8, 4) is 11.3 Å². The maximum absolute atomic E-state index is 14.6. The lowest BCUT2D eigenvalue weighted by atomic mass is 10.0. The van der Waals surface area contributed by atoms with Crippen molar-refractivity contribution in [2.75, 3.05) is 5.75 Å². The summed E-state index contributed by atoms with van der Waals surface area (Å²) < 4.78 is 71.6. The first-order chi connectivity index (χ1) is 13.1. The Morgan fingerprint density at radius 3 is 2.36 bits per heavy atom. The number of nitrogens with zero attached hydrogens (tertiary/aromatic N) is 1. The van der Waals surface area contributed by atoms with Crippen LogP contribution in [0.1, 0.15) is 16.9 Å². The number of rotatable bonds is 5. The summed E-state index contributed by atoms with van der Waals surface area (Å²) in [5.41, 5.74) is 0.510. The van der Waals surface area contributed by atoms with E-state index >= 15 is 0 Å². The van der Waals surface area contributed by atoms with E-state index < -0.39 is 23.6 Å². The number of aromatic nitrogens is 1. The maximum atomic E-state index is 14.6. The molecule has 3 rings (SSSR count). The number of thioether (sulfide) groups is 1. The molecule has 0 aliphatic carbocycles. The molecule has 0 spiro atoms. The molecule has 0 aliphatic heterocycles. The topological polar surface area (TPSA) is 26.0 Å². The SMILES string of the molecule is Cc1cc(Cl)c(-c2cc(C(F)(F)c3ccccc3)on2)cc1SCC(F)(F)F. The monoisotopic (exact) mass is 433 g/mol. The smallest absolute Gasteiger partial charge is 0.354 e. The summed E-state index contributed by atoms with van der Waals surface area (Å²) in [5.74, 6) is -5.18. The van der Waals surface area contributed by atoms with Crippen LogP contribution in [0.3, 0.4) is 0 Å². The minimum atomic E-state index is -4.34. The van der Waals surface area contributed by atoms with Crippen LogP contribution in [0.5, 0.6) is 0 Å². The number of halogens is 6. The van der Waals surface area contributed by atoms with Gasteiger partial charge in [0, 0.05) is 22.1 Å². The Hall–Kier alpha value is -2.06. The fourth-order valence-corrected chi connectivity index (χ4v) is 3.63. The van der Waals surface area contributed by atoms with Crippen molar-refractivity contribution in [1.29, 1.82) is 0 Å². The van der Waals surface area contributed by atoms with Crippen LogP contribution >= 0.6 is 23.4 Å². The molecule has 0 saturated heterocycles. The first-order valence-corrected chi connectivity index (χ1v) is 9.35. The van der Waals surface area contributed by atoms with E-state index in [2.05, 4.69) is 5.16 Å². The second kappa shape index (κ2) is 7.75. The molecule has 3 aromatic rings. The number of benzene rings is 2. The van der Waals surface area contributed by atoms with Gasteiger partial charge in [-0.2, -0.15) is 22.0 Å². The normalized spacial score (nSPS) is 12.4. The lowest BCUT2D eigenvalue weighted by molar-refractivity contribution is -0.105. The van der Waals surface area contributed by atoms with Gasteiger partial charge in [-0.3, -0.25) is 0 Å². The number of aryl methyl sites for hydroxylation is 1. The van der Waals surface area contributed by atoms with Crippen molar-refractivity contribution >= 4 is 23.4 Å². The summed E-state index contributed by atoms with van der Waals surface area (Å²) in [5, 5.41) is 3.83. The van der Waals surface area contributed by atoms with Gasteiger partial charge in [0.05, 0.1) is 10.8 Å². The molecule has 2 nitrogen and oxygen atoms in total. The van der Waals surface area contributed by atoms with Crippen LogP contribution in [0.15, 0.2) is 57.9 Å². The lowest BCUT2D eigenvalue weighted by Crippen LogP contribution is -2.13. The predicted molar refractivity (Wildman–Crippen MR) is 97.9 cm³/mol. The molecule has 9 heteroatoms. The molecule has 0 aliphatic rings. The number of hydrogen-bond donors (Lipinski definition) is 0. The molecule has 0 saturated carbocycles. The largest absolute Gasteiger partial charge is 0.398 e. The molecule has 0 amide bonds. The summed E-state index contributed by atoms with van der Waals surface area (Å²) in [6.45, 7) is 1.62. The van der Waals surface area contributed by atoms with Gasteiger partial charge in [0.15, 0.2) is 0 Å². The van der Waals surface area contributed by atoms with E-state index in [0.717, 1.165) is 6.07 Å². The van der Waals surface area contributed by atoms with Gasteiger partial charge in [0.2, 0.25) is 5.76 Å². The molecule has 0 unspecified atom stereocenters. The molecule has 1 heterocycles. The fourth-order valence-electron chi connectivity index (χ4n) is 2.50. The van der Waals surface area contributed by atoms with E-state index in [1.54, 1.807) is 13.0 Å². The Kier molecular flexibility index (Phi) is 5.72. The quantitative estimate of drug-likeness (QED) is 0.317. The van der Waals surface area contributed by atoms with Gasteiger partial charge in [0.25, 0.3) is 0 Å². The van der Waals surface area contributed by atoms with E-state index in [1.165, 1.54) is 36.4 Å². The third kappa shape index (κ3) is 4.50. The summed E-state index contributed by atoms with van der Waals surface area (Å²) in [6, 6.07) is 11.0. The highest BCUT2D eigenvalue weighted by molar-refractivity contribution is 7.99. The van der Waals surface area contributed by atoms with Crippen molar-refractivity contribution in [2.24, 2.45) is 0 Å². The van der Waals surface area contributed by atoms with Gasteiger partial charge in [-0.15, -0.1) is 11.8 Å². The van der Waals surface area contributed by atoms with Gasteiger partial charge in [-0.25, -0.2) is 0 Å². The van der Waals surface area contributed by atoms with Crippen molar-refractivity contribution in [3.05, 3.63) is 70.4 Å². The third-order valence-corrected chi connectivity index (χ3v) is 5.42. The Morgan fingerprint density at radius 1 is 1.04 bits per heavy atom. The molecule has 0 radical (unpaired) electrons. The molecule has 0 atom stereocenters. The molecule has 148 valence electrons. The molecule has 1 aromatic heterocycles. The standard InChI is InChI=1S/C19H13ClF5NOS/c1-11-7-14(20)13(8-16(11)28-10-18(21,22)23)15-9-17(27-26-15)19(24,25)12-5-3-2-4-6-12/h2-9H,10H2,1H3. The second-order valence-corrected chi connectivity index (χ2v) is 7.44. The first kappa shape index (κ1) is 20.7. The van der Waals surface area contributed by atoms with Gasteiger partial charge in [-0.1, -0.05) is 47.1 Å². The highest BCUT2D eigenvalue weighted by Gasteiger charge is 2.38. The van der Waals surface area contributed by atoms with Crippen LogP contribution in [0, 0.1) is 6.92 Å². The van der Waals surface area contributed by atoms with Gasteiger partial charge in [-0.05, 0) is 24.6 Å². The zero-order valence-electron chi connectivity index (χ0n) is 14.4. The van der Waals surface area contributed by atoms with E-state index in [1.807, 2.05) is 0 Å². The zero-order valence-corrected chi connectivity index (χ0v) is 15.9. The molecule has 0 bridgehead atoms. The zero-order chi connectivity index (χ0) is 20.5. The summed E-state index contributed by atoms with van der Waals surface area (Å²) in [7, 11) is 0. The van der Waals surface area contributed by atoms with Crippen molar-refractivity contribution in [3.63, 3.8) is 0 Å². The summed E-state index contributed by atoms with van der Waals surface area (Å²) in [6.07, 6.45) is -4.34.